The number of halogens is 1. The highest BCUT2D eigenvalue weighted by Gasteiger charge is 2.36. The molecule has 1 aromatic rings. The fourth-order valence-corrected chi connectivity index (χ4v) is 2.47. The first-order valence-electron chi connectivity index (χ1n) is 5.10. The van der Waals surface area contributed by atoms with Crippen LogP contribution in [0, 0.1) is 20.8 Å². The van der Waals surface area contributed by atoms with Gasteiger partial charge in [-0.15, -0.1) is 0 Å². The van der Waals surface area contributed by atoms with Gasteiger partial charge in [0.1, 0.15) is 4.75 Å². The van der Waals surface area contributed by atoms with Gasteiger partial charge in [-0.1, -0.05) is 12.1 Å². The second-order valence-electron chi connectivity index (χ2n) is 4.63. The highest BCUT2D eigenvalue weighted by atomic mass is 35.7. The summed E-state index contributed by atoms with van der Waals surface area (Å²) in [4.78, 5) is 0. The molecule has 0 fully saturated rings. The molecule has 0 bridgehead atoms. The van der Waals surface area contributed by atoms with Crippen molar-refractivity contribution in [2.24, 2.45) is 0 Å². The van der Waals surface area contributed by atoms with Gasteiger partial charge in [0.15, 0.2) is 0 Å². The van der Waals surface area contributed by atoms with Gasteiger partial charge in [-0.05, 0) is 56.9 Å². The summed E-state index contributed by atoms with van der Waals surface area (Å²) in [6.07, 6.45) is 0. The average Bonchev–Trinajstić information content (AvgIpc) is 2.12. The summed E-state index contributed by atoms with van der Waals surface area (Å²) in [5, 5.41) is 0. The van der Waals surface area contributed by atoms with Gasteiger partial charge in [0, 0.05) is 10.7 Å². The van der Waals surface area contributed by atoms with Crippen LogP contribution in [0.1, 0.15) is 36.1 Å². The third-order valence-electron chi connectivity index (χ3n) is 3.32. The number of aryl methyl sites for hydroxylation is 1. The van der Waals surface area contributed by atoms with Crippen molar-refractivity contribution in [2.45, 2.75) is 39.4 Å². The van der Waals surface area contributed by atoms with Crippen molar-refractivity contribution >= 4 is 19.7 Å². The van der Waals surface area contributed by atoms with E-state index in [2.05, 4.69) is 0 Å². The normalized spacial score (nSPS) is 12.9. The molecule has 1 aromatic carbocycles. The van der Waals surface area contributed by atoms with E-state index in [1.54, 1.807) is 13.8 Å². The Morgan fingerprint density at radius 2 is 1.56 bits per heavy atom. The van der Waals surface area contributed by atoms with Gasteiger partial charge in [-0.25, -0.2) is 8.42 Å². The van der Waals surface area contributed by atoms with Crippen LogP contribution in [-0.4, -0.2) is 8.42 Å². The lowest BCUT2D eigenvalue weighted by Crippen LogP contribution is -2.26. The predicted molar refractivity (Wildman–Crippen MR) is 68.5 cm³/mol. The van der Waals surface area contributed by atoms with Gasteiger partial charge >= 0.3 is 0 Å². The average molecular weight is 261 g/mol. The second kappa shape index (κ2) is 4.04. The van der Waals surface area contributed by atoms with Gasteiger partial charge in [-0.2, -0.15) is 0 Å². The Morgan fingerprint density at radius 3 is 2.00 bits per heavy atom. The van der Waals surface area contributed by atoms with Crippen LogP contribution in [0.5, 0.6) is 0 Å². The van der Waals surface area contributed by atoms with Crippen molar-refractivity contribution < 1.29 is 8.42 Å². The van der Waals surface area contributed by atoms with E-state index in [0.717, 1.165) is 22.3 Å². The van der Waals surface area contributed by atoms with Crippen molar-refractivity contribution in [2.75, 3.05) is 0 Å². The Kier molecular flexibility index (Phi) is 3.42. The first-order valence-corrected chi connectivity index (χ1v) is 7.41. The van der Waals surface area contributed by atoms with E-state index in [9.17, 15) is 8.42 Å². The standard InChI is InChI=1S/C12H17ClO2S/c1-8-6-7-11(10(3)9(8)2)12(4,5)16(13,14)15/h6-7H,1-5H3. The smallest absolute Gasteiger partial charge is 0.211 e. The Hall–Kier alpha value is -0.540. The van der Waals surface area contributed by atoms with Crippen LogP contribution >= 0.6 is 10.7 Å². The highest BCUT2D eigenvalue weighted by Crippen LogP contribution is 2.35. The summed E-state index contributed by atoms with van der Waals surface area (Å²) in [6, 6.07) is 3.78. The van der Waals surface area contributed by atoms with Crippen molar-refractivity contribution in [3.63, 3.8) is 0 Å². The minimum Gasteiger partial charge on any atom is -0.211 e. The minimum atomic E-state index is -3.64. The van der Waals surface area contributed by atoms with Gasteiger partial charge < -0.3 is 0 Å². The number of benzene rings is 1. The molecule has 0 saturated carbocycles. The quantitative estimate of drug-likeness (QED) is 0.764. The van der Waals surface area contributed by atoms with E-state index >= 15 is 0 Å². The van der Waals surface area contributed by atoms with E-state index in [-0.39, 0.29) is 0 Å². The zero-order chi connectivity index (χ0) is 12.7. The van der Waals surface area contributed by atoms with Gasteiger partial charge in [0.2, 0.25) is 9.05 Å². The highest BCUT2D eigenvalue weighted by molar-refractivity contribution is 8.14. The van der Waals surface area contributed by atoms with Crippen LogP contribution in [0.25, 0.3) is 0 Å². The summed E-state index contributed by atoms with van der Waals surface area (Å²) < 4.78 is 22.1. The molecule has 0 saturated heterocycles. The molecule has 16 heavy (non-hydrogen) atoms. The second-order valence-corrected chi connectivity index (χ2v) is 7.74. The summed E-state index contributed by atoms with van der Waals surface area (Å²) in [5.41, 5.74) is 4.04. The fraction of sp³-hybridized carbons (Fsp3) is 0.500. The van der Waals surface area contributed by atoms with Crippen LogP contribution in [0.4, 0.5) is 0 Å². The maximum Gasteiger partial charge on any atom is 0.241 e. The summed E-state index contributed by atoms with van der Waals surface area (Å²) in [5.74, 6) is 0. The van der Waals surface area contributed by atoms with Crippen LogP contribution < -0.4 is 0 Å². The van der Waals surface area contributed by atoms with E-state index in [1.807, 2.05) is 32.9 Å². The Balaban J connectivity index is 3.53. The lowest BCUT2D eigenvalue weighted by molar-refractivity contribution is 0.569. The fourth-order valence-electron chi connectivity index (χ4n) is 1.74. The molecule has 0 amide bonds. The third kappa shape index (κ3) is 2.11. The van der Waals surface area contributed by atoms with E-state index < -0.39 is 13.8 Å². The summed E-state index contributed by atoms with van der Waals surface area (Å²) >= 11 is 0. The first kappa shape index (κ1) is 13.5. The molecule has 0 unspecified atom stereocenters. The maximum atomic E-state index is 11.6. The zero-order valence-corrected chi connectivity index (χ0v) is 11.8. The largest absolute Gasteiger partial charge is 0.241 e. The van der Waals surface area contributed by atoms with Crippen LogP contribution in [-0.2, 0) is 13.8 Å². The molecule has 0 aliphatic carbocycles. The molecular weight excluding hydrogens is 244 g/mol. The van der Waals surface area contributed by atoms with Crippen LogP contribution in [0.3, 0.4) is 0 Å². The molecule has 1 rings (SSSR count). The molecule has 90 valence electrons. The van der Waals surface area contributed by atoms with Crippen molar-refractivity contribution in [3.05, 3.63) is 34.4 Å². The minimum absolute atomic E-state index is 0.769. The first-order chi connectivity index (χ1) is 7.09. The summed E-state index contributed by atoms with van der Waals surface area (Å²) in [7, 11) is 1.86. The monoisotopic (exact) mass is 260 g/mol. The number of hydrogen-bond acceptors (Lipinski definition) is 2. The lowest BCUT2D eigenvalue weighted by atomic mass is 9.92. The Morgan fingerprint density at radius 1 is 1.06 bits per heavy atom. The molecule has 0 radical (unpaired) electrons. The van der Waals surface area contributed by atoms with Gasteiger partial charge in [0.25, 0.3) is 0 Å². The van der Waals surface area contributed by atoms with E-state index in [0.29, 0.717) is 0 Å². The Labute approximate surface area is 102 Å². The number of hydrogen-bond donors (Lipinski definition) is 0. The van der Waals surface area contributed by atoms with Crippen molar-refractivity contribution in [1.82, 2.24) is 0 Å². The van der Waals surface area contributed by atoms with Crippen molar-refractivity contribution in [3.8, 4) is 0 Å². The molecule has 0 aliphatic heterocycles. The molecule has 0 aliphatic rings. The van der Waals surface area contributed by atoms with Crippen LogP contribution in [0.15, 0.2) is 12.1 Å². The van der Waals surface area contributed by atoms with E-state index in [4.69, 9.17) is 10.7 Å². The van der Waals surface area contributed by atoms with Crippen LogP contribution in [0.2, 0.25) is 0 Å². The number of rotatable bonds is 2. The zero-order valence-electron chi connectivity index (χ0n) is 10.3. The van der Waals surface area contributed by atoms with Gasteiger partial charge in [0.05, 0.1) is 0 Å². The topological polar surface area (TPSA) is 34.1 Å². The third-order valence-corrected chi connectivity index (χ3v) is 5.91. The molecular formula is C12H17ClO2S. The van der Waals surface area contributed by atoms with Gasteiger partial charge in [-0.3, -0.25) is 0 Å². The summed E-state index contributed by atoms with van der Waals surface area (Å²) in [6.45, 7) is 9.19. The molecule has 0 aromatic heterocycles. The lowest BCUT2D eigenvalue weighted by Gasteiger charge is -2.25. The SMILES string of the molecule is Cc1ccc(C(C)(C)S(=O)(=O)Cl)c(C)c1C. The molecule has 0 spiro atoms. The molecule has 2 nitrogen and oxygen atoms in total. The Bertz CT molecular complexity index is 516. The maximum absolute atomic E-state index is 11.6. The van der Waals surface area contributed by atoms with Crippen molar-refractivity contribution in [1.29, 1.82) is 0 Å². The molecule has 4 heteroatoms. The van der Waals surface area contributed by atoms with E-state index in [1.165, 1.54) is 0 Å². The predicted octanol–water partition coefficient (Wildman–Crippen LogP) is 3.42. The molecule has 0 N–H and O–H groups in total. The molecule has 0 atom stereocenters. The molecule has 0 heterocycles.